The molecule has 0 saturated carbocycles. The molecule has 1 aromatic carbocycles. The lowest BCUT2D eigenvalue weighted by Crippen LogP contribution is -2.26. The molecular formula is C12H12ClN3OS. The van der Waals surface area contributed by atoms with E-state index in [9.17, 15) is 4.79 Å². The van der Waals surface area contributed by atoms with Crippen molar-refractivity contribution < 1.29 is 4.79 Å². The van der Waals surface area contributed by atoms with Gasteiger partial charge in [-0.25, -0.2) is 4.98 Å². The monoisotopic (exact) mass is 281 g/mol. The number of hydrogen-bond acceptors (Lipinski definition) is 4. The van der Waals surface area contributed by atoms with E-state index in [2.05, 4.69) is 4.98 Å². The summed E-state index contributed by atoms with van der Waals surface area (Å²) < 4.78 is 0. The molecule has 0 radical (unpaired) electrons. The summed E-state index contributed by atoms with van der Waals surface area (Å²) in [7, 11) is 1.71. The van der Waals surface area contributed by atoms with Crippen LogP contribution in [-0.4, -0.2) is 22.8 Å². The van der Waals surface area contributed by atoms with Crippen molar-refractivity contribution in [3.8, 4) is 0 Å². The van der Waals surface area contributed by atoms with E-state index in [1.54, 1.807) is 23.4 Å². The van der Waals surface area contributed by atoms with Gasteiger partial charge in [-0.2, -0.15) is 0 Å². The lowest BCUT2D eigenvalue weighted by atomic mass is 10.2. The van der Waals surface area contributed by atoms with Crippen molar-refractivity contribution in [2.45, 2.75) is 6.54 Å². The lowest BCUT2D eigenvalue weighted by Gasteiger charge is -2.16. The fourth-order valence-electron chi connectivity index (χ4n) is 1.54. The standard InChI is InChI=1S/C12H12ClN3OS/c1-16(6-8-4-2-3-5-9(8)13)11(17)10-7-18-12(14)15-10/h2-5,7H,6H2,1H3,(H2,14,15). The maximum atomic E-state index is 12.0. The van der Waals surface area contributed by atoms with Crippen LogP contribution in [0.1, 0.15) is 16.1 Å². The van der Waals surface area contributed by atoms with E-state index in [4.69, 9.17) is 17.3 Å². The molecule has 0 saturated heterocycles. The molecule has 2 rings (SSSR count). The molecule has 0 spiro atoms. The second-order valence-corrected chi connectivity index (χ2v) is 5.12. The van der Waals surface area contributed by atoms with E-state index in [0.717, 1.165) is 5.56 Å². The molecule has 2 aromatic rings. The Balaban J connectivity index is 2.11. The number of rotatable bonds is 3. The van der Waals surface area contributed by atoms with Gasteiger partial charge in [-0.05, 0) is 11.6 Å². The van der Waals surface area contributed by atoms with Gasteiger partial charge < -0.3 is 10.6 Å². The Labute approximate surface area is 114 Å². The summed E-state index contributed by atoms with van der Waals surface area (Å²) in [5, 5.41) is 2.69. The molecule has 94 valence electrons. The van der Waals surface area contributed by atoms with Gasteiger partial charge in [0.25, 0.3) is 5.91 Å². The highest BCUT2D eigenvalue weighted by molar-refractivity contribution is 7.13. The largest absolute Gasteiger partial charge is 0.375 e. The van der Waals surface area contributed by atoms with E-state index in [0.29, 0.717) is 22.4 Å². The molecule has 0 aliphatic rings. The molecule has 0 unspecified atom stereocenters. The van der Waals surface area contributed by atoms with Crippen LogP contribution in [0.3, 0.4) is 0 Å². The van der Waals surface area contributed by atoms with Crippen molar-refractivity contribution in [3.05, 3.63) is 45.9 Å². The normalized spacial score (nSPS) is 10.3. The van der Waals surface area contributed by atoms with Crippen LogP contribution in [0, 0.1) is 0 Å². The third kappa shape index (κ3) is 2.80. The summed E-state index contributed by atoms with van der Waals surface area (Å²) in [6, 6.07) is 7.44. The highest BCUT2D eigenvalue weighted by atomic mass is 35.5. The SMILES string of the molecule is CN(Cc1ccccc1Cl)C(=O)c1csc(N)n1. The van der Waals surface area contributed by atoms with Crippen LogP contribution in [0.25, 0.3) is 0 Å². The molecule has 0 aliphatic carbocycles. The maximum Gasteiger partial charge on any atom is 0.273 e. The van der Waals surface area contributed by atoms with Crippen molar-refractivity contribution >= 4 is 34.0 Å². The minimum Gasteiger partial charge on any atom is -0.375 e. The van der Waals surface area contributed by atoms with Gasteiger partial charge in [-0.3, -0.25) is 4.79 Å². The Bertz CT molecular complexity index is 570. The minimum atomic E-state index is -0.164. The number of nitrogens with two attached hydrogens (primary N) is 1. The molecule has 1 heterocycles. The van der Waals surface area contributed by atoms with Crippen LogP contribution in [0.2, 0.25) is 5.02 Å². The Morgan fingerprint density at radius 3 is 2.83 bits per heavy atom. The van der Waals surface area contributed by atoms with Gasteiger partial charge >= 0.3 is 0 Å². The number of amides is 1. The third-order valence-electron chi connectivity index (χ3n) is 2.45. The number of thiazole rings is 1. The van der Waals surface area contributed by atoms with Crippen molar-refractivity contribution in [3.63, 3.8) is 0 Å². The van der Waals surface area contributed by atoms with Crippen molar-refractivity contribution in [2.24, 2.45) is 0 Å². The summed E-state index contributed by atoms with van der Waals surface area (Å²) >= 11 is 7.30. The first-order valence-corrected chi connectivity index (χ1v) is 6.53. The number of anilines is 1. The first kappa shape index (κ1) is 12.9. The quantitative estimate of drug-likeness (QED) is 0.941. The van der Waals surface area contributed by atoms with Gasteiger partial charge in [0.15, 0.2) is 5.13 Å². The van der Waals surface area contributed by atoms with Crippen LogP contribution in [0.15, 0.2) is 29.6 Å². The molecule has 4 nitrogen and oxygen atoms in total. The topological polar surface area (TPSA) is 59.2 Å². The molecular weight excluding hydrogens is 270 g/mol. The number of benzene rings is 1. The summed E-state index contributed by atoms with van der Waals surface area (Å²) in [6.07, 6.45) is 0. The van der Waals surface area contributed by atoms with E-state index in [1.807, 2.05) is 18.2 Å². The number of halogens is 1. The van der Waals surface area contributed by atoms with Gasteiger partial charge in [0.2, 0.25) is 0 Å². The van der Waals surface area contributed by atoms with Crippen LogP contribution in [-0.2, 0) is 6.54 Å². The smallest absolute Gasteiger partial charge is 0.273 e. The molecule has 2 N–H and O–H groups in total. The molecule has 1 aromatic heterocycles. The number of nitrogen functional groups attached to an aromatic ring is 1. The number of nitrogens with zero attached hydrogens (tertiary/aromatic N) is 2. The predicted molar refractivity (Wildman–Crippen MR) is 73.8 cm³/mol. The second-order valence-electron chi connectivity index (χ2n) is 3.82. The fraction of sp³-hybridized carbons (Fsp3) is 0.167. The number of carbonyl (C=O) groups is 1. The summed E-state index contributed by atoms with van der Waals surface area (Å²) in [5.41, 5.74) is 6.78. The first-order chi connectivity index (χ1) is 8.58. The van der Waals surface area contributed by atoms with Crippen LogP contribution in [0.5, 0.6) is 0 Å². The van der Waals surface area contributed by atoms with E-state index < -0.39 is 0 Å². The second kappa shape index (κ2) is 5.37. The summed E-state index contributed by atoms with van der Waals surface area (Å²) in [4.78, 5) is 17.6. The zero-order chi connectivity index (χ0) is 13.1. The van der Waals surface area contributed by atoms with Gasteiger partial charge in [0, 0.05) is 24.0 Å². The summed E-state index contributed by atoms with van der Waals surface area (Å²) in [6.45, 7) is 0.440. The van der Waals surface area contributed by atoms with Crippen molar-refractivity contribution in [1.29, 1.82) is 0 Å². The van der Waals surface area contributed by atoms with Crippen LogP contribution in [0.4, 0.5) is 5.13 Å². The van der Waals surface area contributed by atoms with Crippen LogP contribution >= 0.6 is 22.9 Å². The zero-order valence-electron chi connectivity index (χ0n) is 9.76. The van der Waals surface area contributed by atoms with Gasteiger partial charge in [-0.1, -0.05) is 29.8 Å². The van der Waals surface area contributed by atoms with E-state index in [-0.39, 0.29) is 5.91 Å². The number of carbonyl (C=O) groups excluding carboxylic acids is 1. The Morgan fingerprint density at radius 1 is 1.50 bits per heavy atom. The Morgan fingerprint density at radius 2 is 2.22 bits per heavy atom. The zero-order valence-corrected chi connectivity index (χ0v) is 11.3. The van der Waals surface area contributed by atoms with Crippen molar-refractivity contribution in [1.82, 2.24) is 9.88 Å². The fourth-order valence-corrected chi connectivity index (χ4v) is 2.27. The molecule has 0 atom stereocenters. The first-order valence-electron chi connectivity index (χ1n) is 5.28. The molecule has 0 aliphatic heterocycles. The molecule has 18 heavy (non-hydrogen) atoms. The average Bonchev–Trinajstić information content (AvgIpc) is 2.78. The van der Waals surface area contributed by atoms with Crippen molar-refractivity contribution in [2.75, 3.05) is 12.8 Å². The highest BCUT2D eigenvalue weighted by Gasteiger charge is 2.15. The highest BCUT2D eigenvalue weighted by Crippen LogP contribution is 2.18. The number of aromatic nitrogens is 1. The molecule has 6 heteroatoms. The summed E-state index contributed by atoms with van der Waals surface area (Å²) in [5.74, 6) is -0.164. The van der Waals surface area contributed by atoms with Gasteiger partial charge in [0.1, 0.15) is 5.69 Å². The maximum absolute atomic E-state index is 12.0. The van der Waals surface area contributed by atoms with E-state index >= 15 is 0 Å². The third-order valence-corrected chi connectivity index (χ3v) is 3.50. The Hall–Kier alpha value is -1.59. The minimum absolute atomic E-state index is 0.164. The molecule has 0 fully saturated rings. The predicted octanol–water partition coefficient (Wildman–Crippen LogP) is 2.65. The molecule has 1 amide bonds. The van der Waals surface area contributed by atoms with Gasteiger partial charge in [-0.15, -0.1) is 11.3 Å². The lowest BCUT2D eigenvalue weighted by molar-refractivity contribution is 0.0780. The molecule has 0 bridgehead atoms. The van der Waals surface area contributed by atoms with E-state index in [1.165, 1.54) is 11.3 Å². The average molecular weight is 282 g/mol. The van der Waals surface area contributed by atoms with Crippen LogP contribution < -0.4 is 5.73 Å². The Kier molecular flexibility index (Phi) is 3.84. The van der Waals surface area contributed by atoms with Gasteiger partial charge in [0.05, 0.1) is 0 Å². The number of hydrogen-bond donors (Lipinski definition) is 1.